The van der Waals surface area contributed by atoms with E-state index in [1.807, 2.05) is 23.1 Å². The van der Waals surface area contributed by atoms with Gasteiger partial charge in [0.25, 0.3) is 0 Å². The van der Waals surface area contributed by atoms with E-state index >= 15 is 0 Å². The zero-order valence-electron chi connectivity index (χ0n) is 38.8. The molecule has 0 atom stereocenters. The fourth-order valence-corrected chi connectivity index (χ4v) is 15.5. The Bertz CT molecular complexity index is 4170. The summed E-state index contributed by atoms with van der Waals surface area (Å²) in [5.41, 5.74) is 19.9. The third-order valence-corrected chi connectivity index (χ3v) is 18.3. The smallest absolute Gasteiger partial charge is 0.132 e. The zero-order chi connectivity index (χ0) is 47.1. The standard InChI is InChI=1S/C68H41NOS2/c1-4-20-52-47(16-1)49-38-36-45(41-59(49)68(52)55-22-6-10-26-60(55)70-61-27-11-7-23-56(61)68)69(43-34-32-42(33-35-43)46-19-15-31-65-66(46)50-18-3-12-28-62(50)71-65)44-37-39-54-51(40-44)48-17-2-5-21-53(48)67(54)57-24-8-13-29-63(57)72-64-30-14-9-25-58(64)67/h1-41H. The van der Waals surface area contributed by atoms with Gasteiger partial charge >= 0.3 is 0 Å². The van der Waals surface area contributed by atoms with Gasteiger partial charge in [-0.3, -0.25) is 0 Å². The van der Waals surface area contributed by atoms with Gasteiger partial charge in [-0.25, -0.2) is 0 Å². The van der Waals surface area contributed by atoms with Crippen LogP contribution in [0.5, 0.6) is 11.5 Å². The molecule has 336 valence electrons. The predicted octanol–water partition coefficient (Wildman–Crippen LogP) is 18.5. The van der Waals surface area contributed by atoms with Gasteiger partial charge in [0.15, 0.2) is 0 Å². The molecule has 0 N–H and O–H groups in total. The van der Waals surface area contributed by atoms with Crippen LogP contribution < -0.4 is 9.64 Å². The van der Waals surface area contributed by atoms with Crippen molar-refractivity contribution in [3.63, 3.8) is 0 Å². The highest BCUT2D eigenvalue weighted by Gasteiger charge is 2.52. The van der Waals surface area contributed by atoms with Crippen LogP contribution in [0.3, 0.4) is 0 Å². The van der Waals surface area contributed by atoms with Crippen molar-refractivity contribution in [3.05, 3.63) is 293 Å². The van der Waals surface area contributed by atoms with Crippen LogP contribution in [0.2, 0.25) is 0 Å². The van der Waals surface area contributed by atoms with Crippen molar-refractivity contribution in [3.8, 4) is 44.9 Å². The van der Waals surface area contributed by atoms with Gasteiger partial charge in [-0.05, 0) is 140 Å². The van der Waals surface area contributed by atoms with Gasteiger partial charge < -0.3 is 9.64 Å². The molecule has 0 amide bonds. The maximum atomic E-state index is 6.76. The van der Waals surface area contributed by atoms with Gasteiger partial charge in [0, 0.05) is 58.2 Å². The van der Waals surface area contributed by atoms with Crippen LogP contribution in [0.4, 0.5) is 17.1 Å². The second-order valence-corrected chi connectivity index (χ2v) is 21.6. The van der Waals surface area contributed by atoms with Crippen molar-refractivity contribution < 1.29 is 4.74 Å². The monoisotopic (exact) mass is 951 g/mol. The molecule has 0 saturated carbocycles. The molecule has 2 aliphatic heterocycles. The van der Waals surface area contributed by atoms with E-state index in [9.17, 15) is 0 Å². The van der Waals surface area contributed by atoms with Gasteiger partial charge in [0.2, 0.25) is 0 Å². The van der Waals surface area contributed by atoms with Gasteiger partial charge in [-0.15, -0.1) is 11.3 Å². The summed E-state index contributed by atoms with van der Waals surface area (Å²) in [4.78, 5) is 5.10. The van der Waals surface area contributed by atoms with Crippen LogP contribution in [-0.4, -0.2) is 0 Å². The van der Waals surface area contributed by atoms with Gasteiger partial charge in [-0.1, -0.05) is 188 Å². The minimum absolute atomic E-state index is 0.461. The van der Waals surface area contributed by atoms with E-state index in [0.29, 0.717) is 0 Å². The highest BCUT2D eigenvalue weighted by Crippen LogP contribution is 2.65. The number of fused-ring (bicyclic) bond motifs is 21. The zero-order valence-corrected chi connectivity index (χ0v) is 40.5. The lowest BCUT2D eigenvalue weighted by Gasteiger charge is -2.40. The Kier molecular flexibility index (Phi) is 8.43. The lowest BCUT2D eigenvalue weighted by atomic mass is 9.66. The summed E-state index contributed by atoms with van der Waals surface area (Å²) in [6.45, 7) is 0. The summed E-state index contributed by atoms with van der Waals surface area (Å²) >= 11 is 3.75. The Labute approximate surface area is 426 Å². The third kappa shape index (κ3) is 5.30. The highest BCUT2D eigenvalue weighted by atomic mass is 32.2. The van der Waals surface area contributed by atoms with E-state index in [1.165, 1.54) is 96.7 Å². The number of anilines is 3. The topological polar surface area (TPSA) is 12.5 Å². The molecule has 4 aliphatic rings. The molecule has 2 spiro atoms. The van der Waals surface area contributed by atoms with E-state index in [1.54, 1.807) is 0 Å². The number of para-hydroxylation sites is 2. The first-order chi connectivity index (χ1) is 35.7. The molecule has 0 bridgehead atoms. The Hall–Kier alpha value is -8.41. The van der Waals surface area contributed by atoms with Crippen molar-refractivity contribution in [2.24, 2.45) is 0 Å². The largest absolute Gasteiger partial charge is 0.457 e. The molecule has 2 aliphatic carbocycles. The maximum Gasteiger partial charge on any atom is 0.132 e. The fourth-order valence-electron chi connectivity index (χ4n) is 13.2. The van der Waals surface area contributed by atoms with Crippen molar-refractivity contribution in [2.45, 2.75) is 20.6 Å². The number of hydrogen-bond acceptors (Lipinski definition) is 4. The Balaban J connectivity index is 0.942. The van der Waals surface area contributed by atoms with Crippen LogP contribution in [0.1, 0.15) is 44.5 Å². The number of nitrogens with zero attached hydrogens (tertiary/aromatic N) is 1. The molecule has 0 fully saturated rings. The maximum absolute atomic E-state index is 6.76. The Morgan fingerprint density at radius 1 is 0.319 bits per heavy atom. The normalized spacial score (nSPS) is 14.4. The second-order valence-electron chi connectivity index (χ2n) is 19.4. The summed E-state index contributed by atoms with van der Waals surface area (Å²) in [5, 5.41) is 2.62. The molecular formula is C68H41NOS2. The first kappa shape index (κ1) is 40.3. The molecule has 0 saturated heterocycles. The molecule has 4 heteroatoms. The van der Waals surface area contributed by atoms with Crippen LogP contribution in [0, 0.1) is 0 Å². The van der Waals surface area contributed by atoms with Crippen molar-refractivity contribution in [2.75, 3.05) is 4.90 Å². The number of benzene rings is 11. The van der Waals surface area contributed by atoms with Gasteiger partial charge in [-0.2, -0.15) is 0 Å². The third-order valence-electron chi connectivity index (χ3n) is 16.0. The average molecular weight is 952 g/mol. The molecule has 16 rings (SSSR count). The van der Waals surface area contributed by atoms with Crippen LogP contribution >= 0.6 is 23.1 Å². The van der Waals surface area contributed by atoms with Gasteiger partial charge in [0.1, 0.15) is 11.5 Å². The van der Waals surface area contributed by atoms with Crippen LogP contribution in [0.15, 0.2) is 259 Å². The van der Waals surface area contributed by atoms with Crippen LogP contribution in [-0.2, 0) is 10.8 Å². The Morgan fingerprint density at radius 2 is 0.806 bits per heavy atom. The Morgan fingerprint density at radius 3 is 1.51 bits per heavy atom. The highest BCUT2D eigenvalue weighted by molar-refractivity contribution is 7.99. The second kappa shape index (κ2) is 15.1. The van der Waals surface area contributed by atoms with Crippen molar-refractivity contribution in [1.82, 2.24) is 0 Å². The average Bonchev–Trinajstić information content (AvgIpc) is 4.07. The quantitative estimate of drug-likeness (QED) is 0.174. The molecule has 11 aromatic carbocycles. The van der Waals surface area contributed by atoms with Crippen molar-refractivity contribution >= 4 is 60.3 Å². The van der Waals surface area contributed by atoms with Gasteiger partial charge in [0.05, 0.1) is 10.8 Å². The molecule has 3 heterocycles. The predicted molar refractivity (Wildman–Crippen MR) is 298 cm³/mol. The minimum atomic E-state index is -0.603. The summed E-state index contributed by atoms with van der Waals surface area (Å²) in [6.07, 6.45) is 0. The van der Waals surface area contributed by atoms with E-state index in [-0.39, 0.29) is 0 Å². The first-order valence-corrected chi connectivity index (χ1v) is 26.4. The lowest BCUT2D eigenvalue weighted by molar-refractivity contribution is 0.436. The number of ether oxygens (including phenoxy) is 1. The summed E-state index contributed by atoms with van der Waals surface area (Å²) in [5.74, 6) is 1.78. The van der Waals surface area contributed by atoms with E-state index in [2.05, 4.69) is 254 Å². The molecule has 12 aromatic rings. The molecule has 72 heavy (non-hydrogen) atoms. The van der Waals surface area contributed by atoms with Crippen molar-refractivity contribution in [1.29, 1.82) is 0 Å². The molecular weight excluding hydrogens is 911 g/mol. The molecule has 0 radical (unpaired) electrons. The van der Waals surface area contributed by atoms with E-state index in [0.717, 1.165) is 39.7 Å². The molecule has 1 aromatic heterocycles. The number of thiophene rings is 1. The summed E-state index contributed by atoms with van der Waals surface area (Å²) in [7, 11) is 0. The molecule has 2 nitrogen and oxygen atoms in total. The lowest BCUT2D eigenvalue weighted by Crippen LogP contribution is -2.32. The SMILES string of the molecule is c1ccc2c(c1)Oc1ccccc1C21c2ccccc2-c2ccc(N(c3ccc(-c4cccc5sc6ccccc6c45)cc3)c3ccc4c(c3)-c3ccccc3C43c4ccccc4Sc4ccccc43)cc21. The minimum Gasteiger partial charge on any atom is -0.457 e. The number of hydrogen-bond donors (Lipinski definition) is 0. The molecule has 0 unspecified atom stereocenters. The summed E-state index contributed by atoms with van der Waals surface area (Å²) < 4.78 is 9.38. The van der Waals surface area contributed by atoms with E-state index < -0.39 is 10.8 Å². The summed E-state index contributed by atoms with van der Waals surface area (Å²) in [6, 6.07) is 92.8. The van der Waals surface area contributed by atoms with E-state index in [4.69, 9.17) is 4.74 Å². The number of rotatable bonds is 4. The first-order valence-electron chi connectivity index (χ1n) is 24.7. The van der Waals surface area contributed by atoms with Crippen LogP contribution in [0.25, 0.3) is 53.6 Å². The fraction of sp³-hybridized carbons (Fsp3) is 0.0294.